The summed E-state index contributed by atoms with van der Waals surface area (Å²) in [5, 5.41) is 0. The fraction of sp³-hybridized carbons (Fsp3) is 0.783. The summed E-state index contributed by atoms with van der Waals surface area (Å²) in [5.74, 6) is 1.29. The van der Waals surface area contributed by atoms with E-state index in [1.54, 1.807) is 6.08 Å². The monoisotopic (exact) mass is 390 g/mol. The number of hydrogen-bond donors (Lipinski definition) is 0. The third kappa shape index (κ3) is 5.14. The second kappa shape index (κ2) is 8.24. The van der Waals surface area contributed by atoms with Gasteiger partial charge in [-0.3, -0.25) is 0 Å². The number of hydrogen-bond acceptors (Lipinski definition) is 3. The van der Waals surface area contributed by atoms with Crippen molar-refractivity contribution in [3.8, 4) is 0 Å². The van der Waals surface area contributed by atoms with E-state index < -0.39 is 9.04 Å². The largest absolute Gasteiger partial charge is 0.458 e. The van der Waals surface area contributed by atoms with Gasteiger partial charge in [0.15, 0.2) is 9.04 Å². The first-order chi connectivity index (χ1) is 12.7. The minimum Gasteiger partial charge on any atom is -0.458 e. The smallest absolute Gasteiger partial charge is 0.331 e. The van der Waals surface area contributed by atoms with Gasteiger partial charge in [0.2, 0.25) is 0 Å². The number of carbonyl (C=O) groups excluding carboxylic acids is 1. The molecule has 1 unspecified atom stereocenters. The molecule has 1 aliphatic heterocycles. The lowest BCUT2D eigenvalue weighted by Gasteiger charge is -2.51. The minimum atomic E-state index is -1.01. The van der Waals surface area contributed by atoms with Crippen molar-refractivity contribution in [3.63, 3.8) is 0 Å². The van der Waals surface area contributed by atoms with Gasteiger partial charge in [0.1, 0.15) is 6.61 Å². The van der Waals surface area contributed by atoms with Crippen LogP contribution in [0.2, 0.25) is 13.1 Å². The van der Waals surface area contributed by atoms with Crippen molar-refractivity contribution in [3.05, 3.63) is 23.3 Å². The Balaban J connectivity index is 1.72. The van der Waals surface area contributed by atoms with Crippen molar-refractivity contribution in [2.45, 2.75) is 78.8 Å². The molecule has 1 spiro atoms. The zero-order valence-corrected chi connectivity index (χ0v) is 19.1. The molecule has 2 aliphatic carbocycles. The third-order valence-corrected chi connectivity index (χ3v) is 8.09. The normalized spacial score (nSPS) is 33.6. The Bertz CT molecular complexity index is 604. The lowest BCUT2D eigenvalue weighted by Crippen LogP contribution is -2.42. The van der Waals surface area contributed by atoms with Gasteiger partial charge in [-0.1, -0.05) is 32.4 Å². The van der Waals surface area contributed by atoms with E-state index in [2.05, 4.69) is 39.9 Å². The zero-order chi connectivity index (χ0) is 19.7. The Morgan fingerprint density at radius 3 is 2.52 bits per heavy atom. The van der Waals surface area contributed by atoms with Gasteiger partial charge in [-0.25, -0.2) is 4.79 Å². The molecule has 0 radical (unpaired) electrons. The molecule has 3 rings (SSSR count). The van der Waals surface area contributed by atoms with Gasteiger partial charge in [-0.05, 0) is 86.3 Å². The second-order valence-corrected chi connectivity index (χ2v) is 12.8. The summed E-state index contributed by atoms with van der Waals surface area (Å²) in [7, 11) is -1.01. The Morgan fingerprint density at radius 2 is 1.96 bits per heavy atom. The molecule has 4 heteroatoms. The van der Waals surface area contributed by atoms with Crippen LogP contribution in [0.15, 0.2) is 23.3 Å². The van der Waals surface area contributed by atoms with Gasteiger partial charge in [0.05, 0.1) is 0 Å². The Labute approximate surface area is 167 Å². The van der Waals surface area contributed by atoms with Crippen LogP contribution < -0.4 is 0 Å². The van der Waals surface area contributed by atoms with Gasteiger partial charge in [0, 0.05) is 12.7 Å². The molecular weight excluding hydrogens is 352 g/mol. The molecule has 1 heterocycles. The summed E-state index contributed by atoms with van der Waals surface area (Å²) in [6, 6.07) is 0. The van der Waals surface area contributed by atoms with Crippen molar-refractivity contribution in [1.82, 2.24) is 0 Å². The average molecular weight is 391 g/mol. The van der Waals surface area contributed by atoms with Crippen LogP contribution in [0.1, 0.15) is 65.7 Å². The van der Waals surface area contributed by atoms with Gasteiger partial charge in [0.25, 0.3) is 0 Å². The molecule has 2 fully saturated rings. The fourth-order valence-electron chi connectivity index (χ4n) is 5.38. The summed E-state index contributed by atoms with van der Waals surface area (Å²) in [4.78, 5) is 11.3. The summed E-state index contributed by atoms with van der Waals surface area (Å²) in [5.41, 5.74) is 3.43. The number of carbonyl (C=O) groups is 1. The molecule has 2 saturated carbocycles. The first kappa shape index (κ1) is 20.9. The molecule has 27 heavy (non-hydrogen) atoms. The number of rotatable bonds is 4. The summed E-state index contributed by atoms with van der Waals surface area (Å²) in [6.07, 6.45) is 12.9. The van der Waals surface area contributed by atoms with E-state index in [-0.39, 0.29) is 5.97 Å². The van der Waals surface area contributed by atoms with Gasteiger partial charge in [-0.2, -0.15) is 0 Å². The van der Waals surface area contributed by atoms with Crippen LogP contribution in [-0.2, 0) is 14.0 Å². The maximum absolute atomic E-state index is 11.3. The molecule has 0 bridgehead atoms. The average Bonchev–Trinajstić information content (AvgIpc) is 3.00. The maximum Gasteiger partial charge on any atom is 0.331 e. The van der Waals surface area contributed by atoms with Gasteiger partial charge < -0.3 is 9.16 Å². The highest BCUT2D eigenvalue weighted by atomic mass is 28.3. The van der Waals surface area contributed by atoms with E-state index in [0.29, 0.717) is 23.4 Å². The van der Waals surface area contributed by atoms with E-state index in [9.17, 15) is 4.79 Å². The van der Waals surface area contributed by atoms with Crippen LogP contribution in [0.5, 0.6) is 0 Å². The lowest BCUT2D eigenvalue weighted by molar-refractivity contribution is -0.134. The van der Waals surface area contributed by atoms with Crippen molar-refractivity contribution in [2.75, 3.05) is 13.2 Å². The molecule has 0 aromatic heterocycles. The van der Waals surface area contributed by atoms with Gasteiger partial charge >= 0.3 is 5.97 Å². The second-order valence-electron chi connectivity index (χ2n) is 10.4. The van der Waals surface area contributed by atoms with E-state index in [1.807, 2.05) is 0 Å². The first-order valence-electron chi connectivity index (χ1n) is 10.9. The highest BCUT2D eigenvalue weighted by Gasteiger charge is 2.45. The number of esters is 1. The van der Waals surface area contributed by atoms with Crippen LogP contribution in [0.25, 0.3) is 0 Å². The fourth-order valence-corrected chi connectivity index (χ4v) is 5.99. The minimum absolute atomic E-state index is 0.194. The van der Waals surface area contributed by atoms with Crippen LogP contribution >= 0.6 is 0 Å². The van der Waals surface area contributed by atoms with Crippen LogP contribution in [0, 0.1) is 22.7 Å². The predicted molar refractivity (Wildman–Crippen MR) is 113 cm³/mol. The van der Waals surface area contributed by atoms with Gasteiger partial charge in [-0.15, -0.1) is 0 Å². The van der Waals surface area contributed by atoms with E-state index in [1.165, 1.54) is 44.1 Å². The molecule has 0 aromatic rings. The standard InChI is InChI=1S/C23H38O3Si/c1-22(2,3)19-7-10-23(11-8-19)9-6-17(12-18-14-21(24)25-15-18)13-20(23)16-26-27(4)5/h12,14,19-20,27H,6-11,13,15-16H2,1-5H3. The Hall–Kier alpha value is -0.873. The molecule has 3 nitrogen and oxygen atoms in total. The maximum atomic E-state index is 11.3. The van der Waals surface area contributed by atoms with Crippen molar-refractivity contribution >= 4 is 15.0 Å². The highest BCUT2D eigenvalue weighted by molar-refractivity contribution is 6.48. The molecule has 152 valence electrons. The van der Waals surface area contributed by atoms with Crippen molar-refractivity contribution in [2.24, 2.45) is 22.7 Å². The topological polar surface area (TPSA) is 35.5 Å². The predicted octanol–water partition coefficient (Wildman–Crippen LogP) is 5.42. The van der Waals surface area contributed by atoms with Crippen LogP contribution in [-0.4, -0.2) is 28.2 Å². The van der Waals surface area contributed by atoms with E-state index >= 15 is 0 Å². The third-order valence-electron chi connectivity index (χ3n) is 7.23. The number of allylic oxidation sites excluding steroid dienone is 1. The van der Waals surface area contributed by atoms with E-state index in [4.69, 9.17) is 9.16 Å². The summed E-state index contributed by atoms with van der Waals surface area (Å²) >= 11 is 0. The molecule has 3 aliphatic rings. The SMILES string of the molecule is C[SiH](C)OCC1CC(=CC2=CC(=O)OC2)CCC12CCC(C(C)(C)C)CC2. The van der Waals surface area contributed by atoms with E-state index in [0.717, 1.165) is 24.5 Å². The molecule has 0 aromatic carbocycles. The molecule has 0 amide bonds. The molecule has 0 saturated heterocycles. The van der Waals surface area contributed by atoms with Crippen LogP contribution in [0.4, 0.5) is 0 Å². The molecule has 1 atom stereocenters. The van der Waals surface area contributed by atoms with Crippen LogP contribution in [0.3, 0.4) is 0 Å². The van der Waals surface area contributed by atoms with Crippen molar-refractivity contribution in [1.29, 1.82) is 0 Å². The first-order valence-corrected chi connectivity index (χ1v) is 13.6. The molecular formula is C23H38O3Si. The quantitative estimate of drug-likeness (QED) is 0.475. The summed E-state index contributed by atoms with van der Waals surface area (Å²) in [6.45, 7) is 13.1. The van der Waals surface area contributed by atoms with Crippen molar-refractivity contribution < 1.29 is 14.0 Å². The highest BCUT2D eigenvalue weighted by Crippen LogP contribution is 2.55. The Kier molecular flexibility index (Phi) is 6.36. The Morgan fingerprint density at radius 1 is 1.26 bits per heavy atom. The zero-order valence-electron chi connectivity index (χ0n) is 18.0. The summed E-state index contributed by atoms with van der Waals surface area (Å²) < 4.78 is 11.3. The number of cyclic esters (lactones) is 1. The lowest BCUT2D eigenvalue weighted by atomic mass is 9.55. The number of ether oxygens (including phenoxy) is 1. The molecule has 0 N–H and O–H groups in total.